The third-order valence-corrected chi connectivity index (χ3v) is 5.20. The van der Waals surface area contributed by atoms with Crippen LogP contribution in [-0.4, -0.2) is 67.2 Å². The largest absolute Gasteiger partial charge is 0.394 e. The number of aliphatic hydroxyl groups excluding tert-OH is 1. The molecule has 1 saturated heterocycles. The summed E-state index contributed by atoms with van der Waals surface area (Å²) in [5.41, 5.74) is -0.592. The lowest BCUT2D eigenvalue weighted by molar-refractivity contribution is -0.141. The topological polar surface area (TPSA) is 77.9 Å². The number of carbonyl (C=O) groups is 1. The summed E-state index contributed by atoms with van der Waals surface area (Å²) in [6.45, 7) is 4.29. The van der Waals surface area contributed by atoms with Crippen molar-refractivity contribution in [2.24, 2.45) is 5.92 Å². The molecule has 0 bridgehead atoms. The Bertz CT molecular complexity index is 425. The van der Waals surface area contributed by atoms with Crippen molar-refractivity contribution in [2.45, 2.75) is 32.2 Å². The highest BCUT2D eigenvalue weighted by Gasteiger charge is 2.34. The van der Waals surface area contributed by atoms with Crippen LogP contribution in [0.2, 0.25) is 0 Å². The normalized spacial score (nSPS) is 19.4. The molecular formula is C12H24N2O4S. The van der Waals surface area contributed by atoms with Gasteiger partial charge in [-0.1, -0.05) is 0 Å². The van der Waals surface area contributed by atoms with Crippen LogP contribution in [0.5, 0.6) is 0 Å². The predicted molar refractivity (Wildman–Crippen MR) is 73.1 cm³/mol. The number of piperidine rings is 1. The van der Waals surface area contributed by atoms with Crippen LogP contribution in [0.1, 0.15) is 26.7 Å². The minimum absolute atomic E-state index is 0.0211. The molecule has 6 nitrogen and oxygen atoms in total. The number of carbonyl (C=O) groups excluding carboxylic acids is 1. The number of aliphatic hydroxyl groups is 1. The summed E-state index contributed by atoms with van der Waals surface area (Å²) in [6.07, 6.45) is 2.27. The highest BCUT2D eigenvalue weighted by Crippen LogP contribution is 2.23. The predicted octanol–water partition coefficient (Wildman–Crippen LogP) is -0.113. The van der Waals surface area contributed by atoms with Gasteiger partial charge in [0.25, 0.3) is 0 Å². The van der Waals surface area contributed by atoms with Crippen LogP contribution in [0.3, 0.4) is 0 Å². The zero-order valence-corrected chi connectivity index (χ0v) is 12.9. The zero-order valence-electron chi connectivity index (χ0n) is 12.1. The summed E-state index contributed by atoms with van der Waals surface area (Å²) in [6, 6.07) is 0. The van der Waals surface area contributed by atoms with Gasteiger partial charge in [-0.2, -0.15) is 0 Å². The van der Waals surface area contributed by atoms with Crippen LogP contribution in [0, 0.1) is 5.92 Å². The van der Waals surface area contributed by atoms with E-state index in [9.17, 15) is 18.3 Å². The van der Waals surface area contributed by atoms with E-state index in [1.165, 1.54) is 10.6 Å². The van der Waals surface area contributed by atoms with Gasteiger partial charge < -0.3 is 10.0 Å². The fraction of sp³-hybridized carbons (Fsp3) is 0.917. The van der Waals surface area contributed by atoms with E-state index in [1.54, 1.807) is 25.8 Å². The summed E-state index contributed by atoms with van der Waals surface area (Å²) < 4.78 is 24.2. The molecule has 1 N–H and O–H groups in total. The Morgan fingerprint density at radius 1 is 1.37 bits per heavy atom. The highest BCUT2D eigenvalue weighted by atomic mass is 32.2. The Kier molecular flexibility index (Phi) is 4.97. The van der Waals surface area contributed by atoms with Crippen molar-refractivity contribution in [3.8, 4) is 0 Å². The van der Waals surface area contributed by atoms with E-state index in [0.29, 0.717) is 25.9 Å². The third-order valence-electron chi connectivity index (χ3n) is 3.90. The maximum absolute atomic E-state index is 12.3. The first kappa shape index (κ1) is 16.4. The summed E-state index contributed by atoms with van der Waals surface area (Å²) in [5.74, 6) is -0.180. The molecule has 1 fully saturated rings. The smallest absolute Gasteiger partial charge is 0.226 e. The van der Waals surface area contributed by atoms with Crippen LogP contribution >= 0.6 is 0 Å². The van der Waals surface area contributed by atoms with Gasteiger partial charge in [-0.25, -0.2) is 12.7 Å². The van der Waals surface area contributed by atoms with E-state index in [4.69, 9.17) is 0 Å². The number of amides is 1. The lowest BCUT2D eigenvalue weighted by Gasteiger charge is -2.38. The quantitative estimate of drug-likeness (QED) is 0.784. The molecule has 1 aliphatic heterocycles. The summed E-state index contributed by atoms with van der Waals surface area (Å²) >= 11 is 0. The first-order chi connectivity index (χ1) is 8.59. The lowest BCUT2D eigenvalue weighted by Crippen LogP contribution is -2.51. The second-order valence-corrected chi connectivity index (χ2v) is 7.79. The number of hydrogen-bond donors (Lipinski definition) is 1. The molecule has 0 atom stereocenters. The SMILES string of the molecule is CN(C(=O)C1CCN(S(C)(=O)=O)CC1)C(C)(C)CO. The molecular weight excluding hydrogens is 268 g/mol. The summed E-state index contributed by atoms with van der Waals surface area (Å²) in [5, 5.41) is 9.28. The van der Waals surface area contributed by atoms with E-state index in [2.05, 4.69) is 0 Å². The molecule has 0 aromatic rings. The molecule has 1 aliphatic rings. The van der Waals surface area contributed by atoms with Gasteiger partial charge in [0.05, 0.1) is 18.4 Å². The maximum Gasteiger partial charge on any atom is 0.226 e. The van der Waals surface area contributed by atoms with Crippen molar-refractivity contribution in [1.29, 1.82) is 0 Å². The van der Waals surface area contributed by atoms with Crippen LogP contribution in [0.15, 0.2) is 0 Å². The zero-order chi connectivity index (χ0) is 14.8. The molecule has 0 saturated carbocycles. The molecule has 7 heteroatoms. The molecule has 0 radical (unpaired) electrons. The Labute approximate surface area is 115 Å². The standard InChI is InChI=1S/C12H24N2O4S/c1-12(2,9-15)13(3)11(16)10-5-7-14(8-6-10)19(4,17)18/h10,15H,5-9H2,1-4H3. The second kappa shape index (κ2) is 5.76. The van der Waals surface area contributed by atoms with Gasteiger partial charge in [0, 0.05) is 26.1 Å². The van der Waals surface area contributed by atoms with Crippen LogP contribution in [0.25, 0.3) is 0 Å². The Morgan fingerprint density at radius 3 is 2.21 bits per heavy atom. The number of nitrogens with zero attached hydrogens (tertiary/aromatic N) is 2. The molecule has 19 heavy (non-hydrogen) atoms. The lowest BCUT2D eigenvalue weighted by atomic mass is 9.94. The van der Waals surface area contributed by atoms with Crippen molar-refractivity contribution in [3.05, 3.63) is 0 Å². The van der Waals surface area contributed by atoms with Crippen molar-refractivity contribution in [3.63, 3.8) is 0 Å². The van der Waals surface area contributed by atoms with Gasteiger partial charge in [-0.05, 0) is 26.7 Å². The van der Waals surface area contributed by atoms with E-state index in [1.807, 2.05) is 0 Å². The van der Waals surface area contributed by atoms with Gasteiger partial charge in [-0.3, -0.25) is 4.79 Å². The minimum atomic E-state index is -3.16. The molecule has 0 aliphatic carbocycles. The molecule has 0 unspecified atom stereocenters. The molecule has 0 aromatic heterocycles. The number of likely N-dealkylation sites (N-methyl/N-ethyl adjacent to an activating group) is 1. The van der Waals surface area contributed by atoms with Crippen LogP contribution in [0.4, 0.5) is 0 Å². The molecule has 0 spiro atoms. The third kappa shape index (κ3) is 3.90. The van der Waals surface area contributed by atoms with Crippen LogP contribution in [-0.2, 0) is 14.8 Å². The monoisotopic (exact) mass is 292 g/mol. The average molecular weight is 292 g/mol. The second-order valence-electron chi connectivity index (χ2n) is 5.80. The van der Waals surface area contributed by atoms with Crippen LogP contribution < -0.4 is 0 Å². The van der Waals surface area contributed by atoms with E-state index in [-0.39, 0.29) is 18.4 Å². The van der Waals surface area contributed by atoms with Crippen molar-refractivity contribution >= 4 is 15.9 Å². The Morgan fingerprint density at radius 2 is 1.84 bits per heavy atom. The first-order valence-corrected chi connectivity index (χ1v) is 8.28. The molecule has 1 heterocycles. The summed E-state index contributed by atoms with van der Waals surface area (Å²) in [4.78, 5) is 13.9. The molecule has 112 valence electrons. The average Bonchev–Trinajstić information content (AvgIpc) is 2.36. The van der Waals surface area contributed by atoms with Gasteiger partial charge in [0.2, 0.25) is 15.9 Å². The number of rotatable bonds is 4. The molecule has 1 rings (SSSR count). The molecule has 0 aromatic carbocycles. The fourth-order valence-corrected chi connectivity index (χ4v) is 2.99. The maximum atomic E-state index is 12.3. The number of hydrogen-bond acceptors (Lipinski definition) is 4. The Balaban J connectivity index is 2.64. The minimum Gasteiger partial charge on any atom is -0.394 e. The van der Waals surface area contributed by atoms with E-state index >= 15 is 0 Å². The molecule has 1 amide bonds. The van der Waals surface area contributed by atoms with Gasteiger partial charge in [0.1, 0.15) is 0 Å². The number of sulfonamides is 1. The van der Waals surface area contributed by atoms with Gasteiger partial charge >= 0.3 is 0 Å². The van der Waals surface area contributed by atoms with Gasteiger partial charge in [0.15, 0.2) is 0 Å². The Hall–Kier alpha value is -0.660. The van der Waals surface area contributed by atoms with E-state index in [0.717, 1.165) is 0 Å². The van der Waals surface area contributed by atoms with Gasteiger partial charge in [-0.15, -0.1) is 0 Å². The van der Waals surface area contributed by atoms with Crippen molar-refractivity contribution in [2.75, 3.05) is 33.0 Å². The van der Waals surface area contributed by atoms with E-state index < -0.39 is 15.6 Å². The van der Waals surface area contributed by atoms with Crippen molar-refractivity contribution in [1.82, 2.24) is 9.21 Å². The van der Waals surface area contributed by atoms with Crippen molar-refractivity contribution < 1.29 is 18.3 Å². The summed E-state index contributed by atoms with van der Waals surface area (Å²) in [7, 11) is -1.48. The first-order valence-electron chi connectivity index (χ1n) is 6.43. The highest BCUT2D eigenvalue weighted by molar-refractivity contribution is 7.88. The fourth-order valence-electron chi connectivity index (χ4n) is 2.11.